The maximum Gasteiger partial charge on any atom is 0.313 e. The lowest BCUT2D eigenvalue weighted by Crippen LogP contribution is -2.44. The van der Waals surface area contributed by atoms with E-state index in [4.69, 9.17) is 9.47 Å². The molecular formula is C13H25NO3. The summed E-state index contributed by atoms with van der Waals surface area (Å²) >= 11 is 0. The van der Waals surface area contributed by atoms with Gasteiger partial charge in [-0.25, -0.2) is 0 Å². The fourth-order valence-corrected chi connectivity index (χ4v) is 1.92. The van der Waals surface area contributed by atoms with Gasteiger partial charge in [0, 0.05) is 13.2 Å². The van der Waals surface area contributed by atoms with Gasteiger partial charge < -0.3 is 14.8 Å². The Morgan fingerprint density at radius 1 is 1.41 bits per heavy atom. The first-order valence-electron chi connectivity index (χ1n) is 6.50. The highest BCUT2D eigenvalue weighted by Gasteiger charge is 2.35. The third-order valence-electron chi connectivity index (χ3n) is 3.00. The molecule has 1 aliphatic heterocycles. The van der Waals surface area contributed by atoms with Gasteiger partial charge >= 0.3 is 5.97 Å². The molecule has 1 aliphatic rings. The number of carbonyl (C=O) groups excluding carboxylic acids is 1. The van der Waals surface area contributed by atoms with E-state index in [9.17, 15) is 4.79 Å². The molecule has 0 radical (unpaired) electrons. The second-order valence-electron chi connectivity index (χ2n) is 5.45. The maximum atomic E-state index is 11.9. The number of ether oxygens (including phenoxy) is 2. The number of nitrogens with one attached hydrogen (secondary N) is 1. The average Bonchev–Trinajstić information content (AvgIpc) is 2.29. The largest absolute Gasteiger partial charge is 0.463 e. The number of esters is 1. The minimum atomic E-state index is -0.351. The zero-order valence-corrected chi connectivity index (χ0v) is 11.3. The molecule has 1 heterocycles. The molecule has 0 saturated carbocycles. The van der Waals surface area contributed by atoms with Crippen molar-refractivity contribution in [2.45, 2.75) is 33.6 Å². The van der Waals surface area contributed by atoms with Crippen LogP contribution in [0.15, 0.2) is 0 Å². The van der Waals surface area contributed by atoms with E-state index >= 15 is 0 Å². The third-order valence-corrected chi connectivity index (χ3v) is 3.00. The molecule has 1 fully saturated rings. The summed E-state index contributed by atoms with van der Waals surface area (Å²) in [5, 5.41) is 3.24. The standard InChI is InChI=1S/C13H25NO3/c1-11(2)9-16-7-8-17-12(15)13(3)5-4-6-14-10-13/h11,14H,4-10H2,1-3H3. The molecule has 4 heteroatoms. The van der Waals surface area contributed by atoms with Gasteiger partial charge in [0.25, 0.3) is 0 Å². The van der Waals surface area contributed by atoms with E-state index in [0.717, 1.165) is 32.5 Å². The van der Waals surface area contributed by atoms with Crippen LogP contribution >= 0.6 is 0 Å². The molecule has 0 spiro atoms. The highest BCUT2D eigenvalue weighted by atomic mass is 16.6. The minimum Gasteiger partial charge on any atom is -0.463 e. The van der Waals surface area contributed by atoms with Crippen molar-refractivity contribution >= 4 is 5.97 Å². The van der Waals surface area contributed by atoms with Crippen LogP contribution in [0.2, 0.25) is 0 Å². The fraction of sp³-hybridized carbons (Fsp3) is 0.923. The summed E-state index contributed by atoms with van der Waals surface area (Å²) in [4.78, 5) is 11.9. The van der Waals surface area contributed by atoms with Gasteiger partial charge in [0.2, 0.25) is 0 Å². The molecule has 17 heavy (non-hydrogen) atoms. The van der Waals surface area contributed by atoms with E-state index in [1.54, 1.807) is 0 Å². The van der Waals surface area contributed by atoms with Crippen LogP contribution < -0.4 is 5.32 Å². The Bertz CT molecular complexity index is 235. The lowest BCUT2D eigenvalue weighted by Gasteiger charge is -2.31. The van der Waals surface area contributed by atoms with Crippen molar-refractivity contribution in [3.8, 4) is 0 Å². The van der Waals surface area contributed by atoms with Crippen LogP contribution in [-0.4, -0.2) is 38.9 Å². The Balaban J connectivity index is 2.15. The fourth-order valence-electron chi connectivity index (χ4n) is 1.92. The summed E-state index contributed by atoms with van der Waals surface area (Å²) in [5.41, 5.74) is -0.351. The lowest BCUT2D eigenvalue weighted by atomic mass is 9.83. The van der Waals surface area contributed by atoms with Crippen LogP contribution in [0, 0.1) is 11.3 Å². The normalized spacial score (nSPS) is 24.9. The van der Waals surface area contributed by atoms with Gasteiger partial charge in [0.05, 0.1) is 12.0 Å². The second-order valence-corrected chi connectivity index (χ2v) is 5.45. The molecule has 1 rings (SSSR count). The van der Waals surface area contributed by atoms with Gasteiger partial charge in [0.1, 0.15) is 6.61 Å². The first kappa shape index (κ1) is 14.5. The van der Waals surface area contributed by atoms with E-state index in [-0.39, 0.29) is 11.4 Å². The first-order valence-corrected chi connectivity index (χ1v) is 6.50. The van der Waals surface area contributed by atoms with Gasteiger partial charge in [-0.1, -0.05) is 13.8 Å². The van der Waals surface area contributed by atoms with Gasteiger partial charge in [-0.3, -0.25) is 4.79 Å². The predicted molar refractivity (Wildman–Crippen MR) is 66.8 cm³/mol. The van der Waals surface area contributed by atoms with E-state index < -0.39 is 0 Å². The molecular weight excluding hydrogens is 218 g/mol. The Kier molecular flexibility index (Phi) is 5.92. The Hall–Kier alpha value is -0.610. The molecule has 0 aromatic heterocycles. The highest BCUT2D eigenvalue weighted by molar-refractivity contribution is 5.76. The van der Waals surface area contributed by atoms with Crippen molar-refractivity contribution in [3.63, 3.8) is 0 Å². The summed E-state index contributed by atoms with van der Waals surface area (Å²) in [6, 6.07) is 0. The van der Waals surface area contributed by atoms with Crippen LogP contribution in [0.3, 0.4) is 0 Å². The summed E-state index contributed by atoms with van der Waals surface area (Å²) in [6.45, 7) is 9.46. The molecule has 0 aromatic rings. The number of hydrogen-bond acceptors (Lipinski definition) is 4. The molecule has 1 saturated heterocycles. The van der Waals surface area contributed by atoms with Gasteiger partial charge in [-0.05, 0) is 32.2 Å². The minimum absolute atomic E-state index is 0.0992. The van der Waals surface area contributed by atoms with Crippen LogP contribution in [0.25, 0.3) is 0 Å². The molecule has 0 bridgehead atoms. The topological polar surface area (TPSA) is 47.6 Å². The third kappa shape index (κ3) is 5.04. The Morgan fingerprint density at radius 3 is 2.76 bits per heavy atom. The van der Waals surface area contributed by atoms with Crippen LogP contribution in [-0.2, 0) is 14.3 Å². The molecule has 4 nitrogen and oxygen atoms in total. The summed E-state index contributed by atoms with van der Waals surface area (Å²) in [7, 11) is 0. The highest BCUT2D eigenvalue weighted by Crippen LogP contribution is 2.26. The predicted octanol–water partition coefficient (Wildman–Crippen LogP) is 1.59. The van der Waals surface area contributed by atoms with Crippen LogP contribution in [0.5, 0.6) is 0 Å². The molecule has 100 valence electrons. The monoisotopic (exact) mass is 243 g/mol. The summed E-state index contributed by atoms with van der Waals surface area (Å²) in [5.74, 6) is 0.420. The number of carbonyl (C=O) groups is 1. The van der Waals surface area contributed by atoms with Crippen molar-refractivity contribution in [2.75, 3.05) is 32.9 Å². The van der Waals surface area contributed by atoms with Gasteiger partial charge in [0.15, 0.2) is 0 Å². The summed E-state index contributed by atoms with van der Waals surface area (Å²) < 4.78 is 10.6. The maximum absolute atomic E-state index is 11.9. The van der Waals surface area contributed by atoms with Crippen molar-refractivity contribution in [2.24, 2.45) is 11.3 Å². The molecule has 0 aliphatic carbocycles. The van der Waals surface area contributed by atoms with Crippen LogP contribution in [0.1, 0.15) is 33.6 Å². The van der Waals surface area contributed by atoms with Crippen molar-refractivity contribution in [1.82, 2.24) is 5.32 Å². The van der Waals surface area contributed by atoms with Crippen molar-refractivity contribution in [3.05, 3.63) is 0 Å². The quantitative estimate of drug-likeness (QED) is 0.568. The van der Waals surface area contributed by atoms with E-state index in [1.165, 1.54) is 0 Å². The van der Waals surface area contributed by atoms with E-state index in [0.29, 0.717) is 19.1 Å². The zero-order valence-electron chi connectivity index (χ0n) is 11.3. The number of rotatable bonds is 6. The lowest BCUT2D eigenvalue weighted by molar-refractivity contribution is -0.157. The van der Waals surface area contributed by atoms with Crippen LogP contribution in [0.4, 0.5) is 0 Å². The second kappa shape index (κ2) is 6.97. The van der Waals surface area contributed by atoms with Gasteiger partial charge in [-0.2, -0.15) is 0 Å². The van der Waals surface area contributed by atoms with Gasteiger partial charge in [-0.15, -0.1) is 0 Å². The van der Waals surface area contributed by atoms with E-state index in [2.05, 4.69) is 19.2 Å². The molecule has 1 N–H and O–H groups in total. The molecule has 1 unspecified atom stereocenters. The smallest absolute Gasteiger partial charge is 0.313 e. The zero-order chi connectivity index (χ0) is 12.7. The Labute approximate surface area is 104 Å². The number of piperidine rings is 1. The van der Waals surface area contributed by atoms with E-state index in [1.807, 2.05) is 6.92 Å². The molecule has 1 atom stereocenters. The average molecular weight is 243 g/mol. The Morgan fingerprint density at radius 2 is 2.18 bits per heavy atom. The summed E-state index contributed by atoms with van der Waals surface area (Å²) in [6.07, 6.45) is 1.95. The molecule has 0 amide bonds. The first-order chi connectivity index (χ1) is 8.04. The van der Waals surface area contributed by atoms with Crippen molar-refractivity contribution < 1.29 is 14.3 Å². The van der Waals surface area contributed by atoms with Crippen molar-refractivity contribution in [1.29, 1.82) is 0 Å². The SMILES string of the molecule is CC(C)COCCOC(=O)C1(C)CCCNC1. The number of hydrogen-bond donors (Lipinski definition) is 1. The molecule has 0 aromatic carbocycles.